The third-order valence-electron chi connectivity index (χ3n) is 4.58. The Bertz CT molecular complexity index is 1100. The Labute approximate surface area is 190 Å². The minimum absolute atomic E-state index is 0.134. The summed E-state index contributed by atoms with van der Waals surface area (Å²) in [6, 6.07) is 5.68. The molecule has 0 aliphatic heterocycles. The second-order valence-corrected chi connectivity index (χ2v) is 8.33. The molecule has 31 heavy (non-hydrogen) atoms. The first-order chi connectivity index (χ1) is 14.9. The smallest absolute Gasteiger partial charge is 0.333 e. The van der Waals surface area contributed by atoms with Gasteiger partial charge in [-0.2, -0.15) is 0 Å². The van der Waals surface area contributed by atoms with Crippen LogP contribution in [-0.4, -0.2) is 54.4 Å². The molecule has 1 heterocycles. The molecule has 0 aliphatic carbocycles. The van der Waals surface area contributed by atoms with E-state index in [4.69, 9.17) is 9.47 Å². The number of esters is 1. The summed E-state index contributed by atoms with van der Waals surface area (Å²) in [5.41, 5.74) is 0.465. The van der Waals surface area contributed by atoms with Crippen molar-refractivity contribution in [3.05, 3.63) is 43.3 Å². The molecule has 1 amide bonds. The van der Waals surface area contributed by atoms with Crippen molar-refractivity contribution >= 4 is 47.1 Å². The maximum Gasteiger partial charge on any atom is 0.333 e. The first-order valence-corrected chi connectivity index (χ1v) is 12.0. The number of aromatic nitrogens is 1. The maximum absolute atomic E-state index is 13.1. The molecule has 9 heteroatoms. The third-order valence-corrected chi connectivity index (χ3v) is 6.42. The van der Waals surface area contributed by atoms with Gasteiger partial charge in [0.2, 0.25) is 5.91 Å². The van der Waals surface area contributed by atoms with E-state index < -0.39 is 5.97 Å². The second-order valence-electron chi connectivity index (χ2n) is 6.42. The van der Waals surface area contributed by atoms with Crippen LogP contribution in [0.4, 0.5) is 0 Å². The summed E-state index contributed by atoms with van der Waals surface area (Å²) in [4.78, 5) is 40.4. The first kappa shape index (κ1) is 24.7. The van der Waals surface area contributed by atoms with Gasteiger partial charge in [-0.3, -0.25) is 14.2 Å². The van der Waals surface area contributed by atoms with Crippen molar-refractivity contribution in [3.8, 4) is 5.75 Å². The molecule has 0 aliphatic rings. The van der Waals surface area contributed by atoms with Gasteiger partial charge in [0.25, 0.3) is 5.56 Å². The Morgan fingerprint density at radius 3 is 2.52 bits per heavy atom. The Balaban J connectivity index is 2.61. The van der Waals surface area contributed by atoms with Gasteiger partial charge in [0, 0.05) is 18.0 Å². The van der Waals surface area contributed by atoms with Crippen LogP contribution in [0.5, 0.6) is 5.75 Å². The molecule has 2 rings (SSSR count). The molecule has 0 N–H and O–H groups in total. The lowest BCUT2D eigenvalue weighted by Crippen LogP contribution is -2.40. The molecule has 0 radical (unpaired) electrons. The van der Waals surface area contributed by atoms with Crippen molar-refractivity contribution in [1.29, 1.82) is 0 Å². The molecule has 0 saturated heterocycles. The van der Waals surface area contributed by atoms with Crippen LogP contribution in [0.15, 0.2) is 27.9 Å². The Morgan fingerprint density at radius 2 is 1.94 bits per heavy atom. The third kappa shape index (κ3) is 6.24. The highest BCUT2D eigenvalue weighted by Crippen LogP contribution is 2.28. The summed E-state index contributed by atoms with van der Waals surface area (Å²) in [7, 11) is 1.60. The van der Waals surface area contributed by atoms with Crippen LogP contribution in [0, 0.1) is 0 Å². The van der Waals surface area contributed by atoms with Crippen LogP contribution in [-0.2, 0) is 20.9 Å². The number of hydrogen-bond acceptors (Lipinski definition) is 7. The molecule has 0 fully saturated rings. The van der Waals surface area contributed by atoms with Crippen LogP contribution in [0.3, 0.4) is 0 Å². The highest BCUT2D eigenvalue weighted by Gasteiger charge is 2.15. The summed E-state index contributed by atoms with van der Waals surface area (Å²) in [6.45, 7) is 6.66. The number of carbonyl (C=O) groups excluding carboxylic acids is 2. The normalized spacial score (nSPS) is 12.2. The zero-order valence-corrected chi connectivity index (χ0v) is 20.1. The number of thioether (sulfide) groups is 1. The summed E-state index contributed by atoms with van der Waals surface area (Å²) < 4.78 is 12.5. The van der Waals surface area contributed by atoms with Crippen molar-refractivity contribution in [1.82, 2.24) is 9.47 Å². The summed E-state index contributed by atoms with van der Waals surface area (Å²) in [5.74, 6) is -0.0144. The number of likely N-dealkylation sites (N-methyl/N-ethyl adjacent to an activating group) is 1. The largest absolute Gasteiger partial charge is 0.496 e. The number of amides is 1. The monoisotopic (exact) mass is 464 g/mol. The SMILES string of the molecule is CCOC(=O)/C=c1/s/c(=C/c2ccc(SC)c(OC)c2)c(=O)n1CC(=O)N(CC)CC. The van der Waals surface area contributed by atoms with Crippen molar-refractivity contribution < 1.29 is 19.1 Å². The lowest BCUT2D eigenvalue weighted by atomic mass is 10.2. The van der Waals surface area contributed by atoms with E-state index >= 15 is 0 Å². The van der Waals surface area contributed by atoms with E-state index in [-0.39, 0.29) is 24.6 Å². The number of nitrogens with zero attached hydrogens (tertiary/aromatic N) is 2. The summed E-state index contributed by atoms with van der Waals surface area (Å²) in [6.07, 6.45) is 4.96. The van der Waals surface area contributed by atoms with Crippen molar-refractivity contribution in [3.63, 3.8) is 0 Å². The predicted molar refractivity (Wildman–Crippen MR) is 125 cm³/mol. The molecular formula is C22H28N2O5S2. The highest BCUT2D eigenvalue weighted by molar-refractivity contribution is 7.98. The molecule has 0 bridgehead atoms. The number of ether oxygens (including phenoxy) is 2. The molecule has 0 spiro atoms. The number of methoxy groups -OCH3 is 1. The van der Waals surface area contributed by atoms with Crippen molar-refractivity contribution in [2.24, 2.45) is 0 Å². The molecule has 0 atom stereocenters. The van der Waals surface area contributed by atoms with Gasteiger partial charge in [-0.05, 0) is 50.8 Å². The number of benzene rings is 1. The maximum atomic E-state index is 13.1. The molecular weight excluding hydrogens is 436 g/mol. The molecule has 2 aromatic rings. The molecule has 1 aromatic carbocycles. The van der Waals surface area contributed by atoms with E-state index in [2.05, 4.69) is 0 Å². The number of rotatable bonds is 9. The molecule has 1 aromatic heterocycles. The van der Waals surface area contributed by atoms with E-state index in [1.807, 2.05) is 38.3 Å². The molecule has 168 valence electrons. The fraction of sp³-hybridized carbons (Fsp3) is 0.409. The van der Waals surface area contributed by atoms with Gasteiger partial charge in [-0.15, -0.1) is 23.1 Å². The quantitative estimate of drug-likeness (QED) is 0.415. The van der Waals surface area contributed by atoms with Crippen LogP contribution in [0.25, 0.3) is 12.2 Å². The van der Waals surface area contributed by atoms with Crippen molar-refractivity contribution in [2.45, 2.75) is 32.2 Å². The molecule has 7 nitrogen and oxygen atoms in total. The lowest BCUT2D eigenvalue weighted by molar-refractivity contribution is -0.135. The minimum Gasteiger partial charge on any atom is -0.496 e. The standard InChI is InChI=1S/C22H28N2O5S2/c1-6-23(7-2)19(25)14-24-20(13-21(26)29-8-3)31-18(22(24)27)12-15-9-10-17(30-5)16(11-15)28-4/h9-13H,6-8,14H2,1-5H3/b18-12+,20-13+. The number of thiazole rings is 1. The van der Waals surface area contributed by atoms with Gasteiger partial charge in [0.1, 0.15) is 17.0 Å². The fourth-order valence-corrected chi connectivity index (χ4v) is 4.56. The first-order valence-electron chi connectivity index (χ1n) is 9.98. The van der Waals surface area contributed by atoms with Gasteiger partial charge < -0.3 is 14.4 Å². The topological polar surface area (TPSA) is 77.8 Å². The number of carbonyl (C=O) groups is 2. The molecule has 0 unspecified atom stereocenters. The zero-order chi connectivity index (χ0) is 23.0. The summed E-state index contributed by atoms with van der Waals surface area (Å²) >= 11 is 2.72. The zero-order valence-electron chi connectivity index (χ0n) is 18.5. The van der Waals surface area contributed by atoms with Gasteiger partial charge in [0.05, 0.1) is 24.3 Å². The predicted octanol–water partition coefficient (Wildman–Crippen LogP) is 1.68. The van der Waals surface area contributed by atoms with Gasteiger partial charge in [0.15, 0.2) is 0 Å². The Kier molecular flexibility index (Phi) is 9.39. The fourth-order valence-electron chi connectivity index (χ4n) is 2.98. The molecule has 0 saturated carbocycles. The van der Waals surface area contributed by atoms with E-state index in [1.165, 1.54) is 10.6 Å². The highest BCUT2D eigenvalue weighted by atomic mass is 32.2. The minimum atomic E-state index is -0.551. The Morgan fingerprint density at radius 1 is 1.23 bits per heavy atom. The number of hydrogen-bond donors (Lipinski definition) is 0. The van der Waals surface area contributed by atoms with Gasteiger partial charge in [-0.25, -0.2) is 4.79 Å². The Hall–Kier alpha value is -2.52. The van der Waals surface area contributed by atoms with E-state index in [1.54, 1.807) is 36.8 Å². The second kappa shape index (κ2) is 11.8. The van der Waals surface area contributed by atoms with Crippen LogP contribution >= 0.6 is 23.1 Å². The average Bonchev–Trinajstić information content (AvgIpc) is 3.03. The van der Waals surface area contributed by atoms with Crippen molar-refractivity contribution in [2.75, 3.05) is 33.1 Å². The van der Waals surface area contributed by atoms with E-state index in [9.17, 15) is 14.4 Å². The van der Waals surface area contributed by atoms with Crippen LogP contribution in [0.1, 0.15) is 26.3 Å². The van der Waals surface area contributed by atoms with E-state index in [0.29, 0.717) is 28.0 Å². The van der Waals surface area contributed by atoms with Gasteiger partial charge >= 0.3 is 5.97 Å². The van der Waals surface area contributed by atoms with Gasteiger partial charge in [-0.1, -0.05) is 6.07 Å². The average molecular weight is 465 g/mol. The van der Waals surface area contributed by atoms with E-state index in [0.717, 1.165) is 21.8 Å². The summed E-state index contributed by atoms with van der Waals surface area (Å²) in [5, 5.41) is 0. The lowest BCUT2D eigenvalue weighted by Gasteiger charge is -2.18. The van der Waals surface area contributed by atoms with Crippen LogP contribution < -0.4 is 19.5 Å². The van der Waals surface area contributed by atoms with Crippen LogP contribution in [0.2, 0.25) is 0 Å².